The van der Waals surface area contributed by atoms with Crippen LogP contribution in [0.3, 0.4) is 0 Å². The van der Waals surface area contributed by atoms with Crippen LogP contribution in [0.2, 0.25) is 5.02 Å². The number of benzene rings is 1. The van der Waals surface area contributed by atoms with E-state index in [0.717, 1.165) is 21.9 Å². The first kappa shape index (κ1) is 17.1. The second kappa shape index (κ2) is 8.36. The molecule has 0 aliphatic rings. The standard InChI is InChI=1S/C16H17ClN2OS2/c1-3-15(20)18-19-16(11-4-6-12(17)7-5-11)14-9-8-13(22-14)10-21-2/h4-9H,3,10H2,1-2H3,(H,18,20). The fraction of sp³-hybridized carbons (Fsp3) is 0.250. The van der Waals surface area contributed by atoms with Crippen molar-refractivity contribution in [1.82, 2.24) is 5.43 Å². The van der Waals surface area contributed by atoms with Crippen LogP contribution in [-0.2, 0) is 10.5 Å². The highest BCUT2D eigenvalue weighted by Gasteiger charge is 2.11. The smallest absolute Gasteiger partial charge is 0.239 e. The van der Waals surface area contributed by atoms with Gasteiger partial charge in [-0.1, -0.05) is 30.7 Å². The van der Waals surface area contributed by atoms with Gasteiger partial charge >= 0.3 is 0 Å². The number of rotatable bonds is 6. The lowest BCUT2D eigenvalue weighted by atomic mass is 10.1. The maximum Gasteiger partial charge on any atom is 0.239 e. The van der Waals surface area contributed by atoms with Gasteiger partial charge in [0.15, 0.2) is 0 Å². The molecule has 0 fully saturated rings. The summed E-state index contributed by atoms with van der Waals surface area (Å²) < 4.78 is 0. The van der Waals surface area contributed by atoms with Gasteiger partial charge in [0.2, 0.25) is 5.91 Å². The van der Waals surface area contributed by atoms with Crippen molar-refractivity contribution < 1.29 is 4.79 Å². The molecular weight excluding hydrogens is 336 g/mol. The van der Waals surface area contributed by atoms with Crippen molar-refractivity contribution in [2.45, 2.75) is 19.1 Å². The predicted octanol–water partition coefficient (Wildman–Crippen LogP) is 4.54. The van der Waals surface area contributed by atoms with Crippen LogP contribution in [0, 0.1) is 0 Å². The Morgan fingerprint density at radius 1 is 1.27 bits per heavy atom. The van der Waals surface area contributed by atoms with E-state index in [-0.39, 0.29) is 5.91 Å². The Balaban J connectivity index is 2.35. The zero-order chi connectivity index (χ0) is 15.9. The molecule has 3 nitrogen and oxygen atoms in total. The van der Waals surface area contributed by atoms with Gasteiger partial charge in [0.25, 0.3) is 0 Å². The van der Waals surface area contributed by atoms with E-state index in [9.17, 15) is 4.79 Å². The van der Waals surface area contributed by atoms with Crippen molar-refractivity contribution in [3.05, 3.63) is 56.7 Å². The number of nitrogens with one attached hydrogen (secondary N) is 1. The summed E-state index contributed by atoms with van der Waals surface area (Å²) in [6.07, 6.45) is 2.48. The number of nitrogens with zero attached hydrogens (tertiary/aromatic N) is 1. The first-order valence-corrected chi connectivity index (χ1v) is 9.43. The number of hydrazone groups is 1. The van der Waals surface area contributed by atoms with Gasteiger partial charge in [-0.2, -0.15) is 16.9 Å². The number of thioether (sulfide) groups is 1. The largest absolute Gasteiger partial charge is 0.273 e. The summed E-state index contributed by atoms with van der Waals surface area (Å²) in [5, 5.41) is 4.99. The van der Waals surface area contributed by atoms with Crippen LogP contribution in [0.25, 0.3) is 0 Å². The molecule has 0 spiro atoms. The molecule has 22 heavy (non-hydrogen) atoms. The molecule has 0 radical (unpaired) electrons. The number of thiophene rings is 1. The molecule has 1 N–H and O–H groups in total. The Morgan fingerprint density at radius 2 is 2.00 bits per heavy atom. The minimum atomic E-state index is -0.104. The molecule has 1 aromatic heterocycles. The molecule has 0 atom stereocenters. The topological polar surface area (TPSA) is 41.5 Å². The molecule has 0 saturated carbocycles. The summed E-state index contributed by atoms with van der Waals surface area (Å²) in [6, 6.07) is 11.6. The minimum absolute atomic E-state index is 0.104. The van der Waals surface area contributed by atoms with Gasteiger partial charge in [0, 0.05) is 27.6 Å². The average molecular weight is 353 g/mol. The maximum absolute atomic E-state index is 11.5. The highest BCUT2D eigenvalue weighted by Crippen LogP contribution is 2.24. The molecule has 0 bridgehead atoms. The van der Waals surface area contributed by atoms with Crippen molar-refractivity contribution in [1.29, 1.82) is 0 Å². The van der Waals surface area contributed by atoms with E-state index < -0.39 is 0 Å². The van der Waals surface area contributed by atoms with Gasteiger partial charge < -0.3 is 0 Å². The summed E-state index contributed by atoms with van der Waals surface area (Å²) in [7, 11) is 0. The maximum atomic E-state index is 11.5. The number of hydrogen-bond donors (Lipinski definition) is 1. The Bertz CT molecular complexity index is 665. The zero-order valence-electron chi connectivity index (χ0n) is 12.4. The van der Waals surface area contributed by atoms with Gasteiger partial charge in [-0.3, -0.25) is 4.79 Å². The molecular formula is C16H17ClN2OS2. The lowest BCUT2D eigenvalue weighted by molar-refractivity contribution is -0.120. The van der Waals surface area contributed by atoms with E-state index in [1.54, 1.807) is 30.0 Å². The van der Waals surface area contributed by atoms with E-state index in [1.807, 2.05) is 30.3 Å². The van der Waals surface area contributed by atoms with Crippen LogP contribution in [0.15, 0.2) is 41.5 Å². The van der Waals surface area contributed by atoms with Crippen molar-refractivity contribution in [2.75, 3.05) is 6.26 Å². The summed E-state index contributed by atoms with van der Waals surface area (Å²) in [5.74, 6) is 0.868. The molecule has 6 heteroatoms. The third kappa shape index (κ3) is 4.60. The second-order valence-electron chi connectivity index (χ2n) is 4.55. The quantitative estimate of drug-likeness (QED) is 0.612. The summed E-state index contributed by atoms with van der Waals surface area (Å²) >= 11 is 9.42. The van der Waals surface area contributed by atoms with Crippen LogP contribution in [0.4, 0.5) is 0 Å². The van der Waals surface area contributed by atoms with Crippen LogP contribution < -0.4 is 5.43 Å². The average Bonchev–Trinajstić information content (AvgIpc) is 2.97. The van der Waals surface area contributed by atoms with Gasteiger partial charge in [-0.15, -0.1) is 11.3 Å². The Labute approximate surface area is 143 Å². The molecule has 0 aliphatic heterocycles. The summed E-state index contributed by atoms with van der Waals surface area (Å²) in [4.78, 5) is 13.8. The van der Waals surface area contributed by atoms with Gasteiger partial charge in [-0.25, -0.2) is 5.43 Å². The molecule has 1 aromatic carbocycles. The highest BCUT2D eigenvalue weighted by molar-refractivity contribution is 7.97. The molecule has 0 unspecified atom stereocenters. The molecule has 1 heterocycles. The van der Waals surface area contributed by atoms with Gasteiger partial charge in [0.1, 0.15) is 5.71 Å². The molecule has 2 rings (SSSR count). The molecule has 0 saturated heterocycles. The number of halogens is 1. The number of amides is 1. The van der Waals surface area contributed by atoms with Crippen LogP contribution in [-0.4, -0.2) is 17.9 Å². The lowest BCUT2D eigenvalue weighted by Crippen LogP contribution is -2.18. The first-order chi connectivity index (χ1) is 10.6. The first-order valence-electron chi connectivity index (χ1n) is 6.84. The third-order valence-electron chi connectivity index (χ3n) is 2.91. The molecule has 0 aliphatic carbocycles. The Morgan fingerprint density at radius 3 is 2.64 bits per heavy atom. The molecule has 116 valence electrons. The van der Waals surface area contributed by atoms with Gasteiger partial charge in [0.05, 0.1) is 4.88 Å². The fourth-order valence-corrected chi connectivity index (χ4v) is 3.70. The van der Waals surface area contributed by atoms with Crippen LogP contribution in [0.5, 0.6) is 0 Å². The monoisotopic (exact) mass is 352 g/mol. The van der Waals surface area contributed by atoms with Crippen LogP contribution >= 0.6 is 34.7 Å². The van der Waals surface area contributed by atoms with Crippen molar-refractivity contribution in [3.63, 3.8) is 0 Å². The predicted molar refractivity (Wildman–Crippen MR) is 97.1 cm³/mol. The number of hydrogen-bond acceptors (Lipinski definition) is 4. The zero-order valence-corrected chi connectivity index (χ0v) is 14.8. The fourth-order valence-electron chi connectivity index (χ4n) is 1.79. The minimum Gasteiger partial charge on any atom is -0.273 e. The lowest BCUT2D eigenvalue weighted by Gasteiger charge is -2.06. The van der Waals surface area contributed by atoms with Crippen molar-refractivity contribution >= 4 is 46.3 Å². The SMILES string of the molecule is CCC(=O)NN=C(c1ccc(Cl)cc1)c1ccc(CSC)s1. The van der Waals surface area contributed by atoms with E-state index in [0.29, 0.717) is 11.4 Å². The van der Waals surface area contributed by atoms with Crippen LogP contribution in [0.1, 0.15) is 28.7 Å². The normalized spacial score (nSPS) is 11.5. The Kier molecular flexibility index (Phi) is 6.49. The van der Waals surface area contributed by atoms with Gasteiger partial charge in [-0.05, 0) is 30.5 Å². The molecule has 1 amide bonds. The van der Waals surface area contributed by atoms with E-state index in [2.05, 4.69) is 22.8 Å². The third-order valence-corrected chi connectivity index (χ3v) is 5.04. The second-order valence-corrected chi connectivity index (χ2v) is 7.03. The van der Waals surface area contributed by atoms with Crippen molar-refractivity contribution in [2.24, 2.45) is 5.10 Å². The molecule has 2 aromatic rings. The van der Waals surface area contributed by atoms with E-state index in [4.69, 9.17) is 11.6 Å². The van der Waals surface area contributed by atoms with E-state index in [1.165, 1.54) is 4.88 Å². The van der Waals surface area contributed by atoms with Crippen molar-refractivity contribution in [3.8, 4) is 0 Å². The highest BCUT2D eigenvalue weighted by atomic mass is 35.5. The summed E-state index contributed by atoms with van der Waals surface area (Å²) in [6.45, 7) is 1.80. The van der Waals surface area contributed by atoms with E-state index >= 15 is 0 Å². The summed E-state index contributed by atoms with van der Waals surface area (Å²) in [5.41, 5.74) is 4.29. The Hall–Kier alpha value is -1.30. The number of carbonyl (C=O) groups is 1. The number of carbonyl (C=O) groups excluding carboxylic acids is 1.